The van der Waals surface area contributed by atoms with Crippen LogP contribution in [0, 0.1) is 10.1 Å². The molecule has 0 fully saturated rings. The molecule has 2 aromatic rings. The highest BCUT2D eigenvalue weighted by molar-refractivity contribution is 6.00. The molecule has 0 aliphatic carbocycles. The number of nitro benzene ring substituents is 1. The van der Waals surface area contributed by atoms with Crippen molar-refractivity contribution in [2.24, 2.45) is 0 Å². The van der Waals surface area contributed by atoms with Gasteiger partial charge in [-0.1, -0.05) is 6.07 Å². The fourth-order valence-electron chi connectivity index (χ4n) is 1.88. The van der Waals surface area contributed by atoms with Crippen molar-refractivity contribution in [2.45, 2.75) is 0 Å². The van der Waals surface area contributed by atoms with E-state index in [9.17, 15) is 19.7 Å². The first-order chi connectivity index (χ1) is 10.9. The van der Waals surface area contributed by atoms with Crippen LogP contribution < -0.4 is 9.47 Å². The number of hydrogen-bond acceptors (Lipinski definition) is 6. The number of aromatic carboxylic acids is 1. The summed E-state index contributed by atoms with van der Waals surface area (Å²) in [4.78, 5) is 33.3. The Kier molecular flexibility index (Phi) is 4.55. The van der Waals surface area contributed by atoms with Crippen LogP contribution in [0.5, 0.6) is 11.5 Å². The number of rotatable bonds is 5. The van der Waals surface area contributed by atoms with E-state index in [0.717, 1.165) is 0 Å². The predicted molar refractivity (Wildman–Crippen MR) is 78.0 cm³/mol. The third-order valence-electron chi connectivity index (χ3n) is 2.93. The van der Waals surface area contributed by atoms with Crippen LogP contribution in [0.2, 0.25) is 0 Å². The van der Waals surface area contributed by atoms with Gasteiger partial charge in [0.1, 0.15) is 22.6 Å². The second-order valence-electron chi connectivity index (χ2n) is 4.33. The molecule has 118 valence electrons. The molecule has 0 aliphatic heterocycles. The number of benzene rings is 2. The number of nitro groups is 1. The highest BCUT2D eigenvalue weighted by Crippen LogP contribution is 2.26. The lowest BCUT2D eigenvalue weighted by atomic mass is 10.1. The largest absolute Gasteiger partial charge is 0.495 e. The highest BCUT2D eigenvalue weighted by Gasteiger charge is 2.21. The zero-order valence-corrected chi connectivity index (χ0v) is 11.9. The Bertz CT molecular complexity index is 768. The Morgan fingerprint density at radius 3 is 2.22 bits per heavy atom. The van der Waals surface area contributed by atoms with E-state index in [1.807, 2.05) is 0 Å². The van der Waals surface area contributed by atoms with Gasteiger partial charge in [-0.15, -0.1) is 0 Å². The minimum Gasteiger partial charge on any atom is -0.495 e. The first-order valence-corrected chi connectivity index (χ1v) is 6.31. The molecular formula is C15H11NO7. The minimum atomic E-state index is -1.24. The Labute approximate surface area is 130 Å². The summed E-state index contributed by atoms with van der Waals surface area (Å²) in [6.45, 7) is 0. The first kappa shape index (κ1) is 16.0. The molecule has 0 heterocycles. The lowest BCUT2D eigenvalue weighted by Crippen LogP contribution is -2.12. The van der Waals surface area contributed by atoms with Gasteiger partial charge in [0.05, 0.1) is 12.0 Å². The van der Waals surface area contributed by atoms with E-state index in [0.29, 0.717) is 0 Å². The minimum absolute atomic E-state index is 0.0641. The van der Waals surface area contributed by atoms with E-state index in [1.165, 1.54) is 49.6 Å². The van der Waals surface area contributed by atoms with Crippen molar-refractivity contribution in [3.63, 3.8) is 0 Å². The number of carbonyl (C=O) groups excluding carboxylic acids is 1. The maximum atomic E-state index is 12.2. The maximum absolute atomic E-state index is 12.2. The summed E-state index contributed by atoms with van der Waals surface area (Å²) in [5.74, 6) is -2.11. The summed E-state index contributed by atoms with van der Waals surface area (Å²) in [6, 6.07) is 8.95. The Morgan fingerprint density at radius 2 is 1.70 bits per heavy atom. The molecule has 0 saturated carbocycles. The number of ether oxygens (including phenoxy) is 2. The first-order valence-electron chi connectivity index (χ1n) is 6.31. The number of nitrogens with zero attached hydrogens (tertiary/aromatic N) is 1. The number of esters is 1. The monoisotopic (exact) mass is 317 g/mol. The summed E-state index contributed by atoms with van der Waals surface area (Å²) < 4.78 is 10.1. The molecule has 0 aliphatic rings. The van der Waals surface area contributed by atoms with Gasteiger partial charge >= 0.3 is 11.9 Å². The molecule has 0 radical (unpaired) electrons. The lowest BCUT2D eigenvalue weighted by molar-refractivity contribution is -0.384. The number of para-hydroxylation sites is 1. The van der Waals surface area contributed by atoms with Crippen LogP contribution in [0.3, 0.4) is 0 Å². The summed E-state index contributed by atoms with van der Waals surface area (Å²) in [5.41, 5.74) is -0.383. The van der Waals surface area contributed by atoms with E-state index >= 15 is 0 Å². The van der Waals surface area contributed by atoms with Crippen molar-refractivity contribution in [1.82, 2.24) is 0 Å². The molecule has 0 bridgehead atoms. The van der Waals surface area contributed by atoms with Gasteiger partial charge in [-0.05, 0) is 24.3 Å². The molecule has 0 saturated heterocycles. The quantitative estimate of drug-likeness (QED) is 0.390. The predicted octanol–water partition coefficient (Wildman–Crippen LogP) is 2.52. The van der Waals surface area contributed by atoms with Crippen LogP contribution >= 0.6 is 0 Å². The molecule has 0 spiro atoms. The number of carboxylic acids is 1. The maximum Gasteiger partial charge on any atom is 0.347 e. The summed E-state index contributed by atoms with van der Waals surface area (Å²) >= 11 is 0. The zero-order valence-electron chi connectivity index (χ0n) is 11.9. The third-order valence-corrected chi connectivity index (χ3v) is 2.93. The Morgan fingerprint density at radius 1 is 1.09 bits per heavy atom. The molecule has 2 aromatic carbocycles. The van der Waals surface area contributed by atoms with Crippen LogP contribution in [-0.4, -0.2) is 29.1 Å². The average molecular weight is 317 g/mol. The van der Waals surface area contributed by atoms with Gasteiger partial charge in [-0.2, -0.15) is 0 Å². The number of carbonyl (C=O) groups is 2. The fraction of sp³-hybridized carbons (Fsp3) is 0.0667. The van der Waals surface area contributed by atoms with E-state index < -0.39 is 16.9 Å². The third kappa shape index (κ3) is 3.43. The second-order valence-corrected chi connectivity index (χ2v) is 4.33. The van der Waals surface area contributed by atoms with Crippen LogP contribution in [0.25, 0.3) is 0 Å². The number of non-ortho nitro benzene ring substituents is 1. The topological polar surface area (TPSA) is 116 Å². The van der Waals surface area contributed by atoms with Gasteiger partial charge in [0, 0.05) is 12.1 Å². The molecule has 23 heavy (non-hydrogen) atoms. The zero-order chi connectivity index (χ0) is 17.0. The van der Waals surface area contributed by atoms with Gasteiger partial charge in [0.25, 0.3) is 5.69 Å². The molecule has 0 unspecified atom stereocenters. The van der Waals surface area contributed by atoms with Crippen LogP contribution in [0.1, 0.15) is 20.7 Å². The van der Waals surface area contributed by atoms with Crippen molar-refractivity contribution < 1.29 is 29.1 Å². The normalized spacial score (nSPS) is 9.96. The van der Waals surface area contributed by atoms with Gasteiger partial charge in [0.15, 0.2) is 0 Å². The molecule has 8 nitrogen and oxygen atoms in total. The van der Waals surface area contributed by atoms with Gasteiger partial charge < -0.3 is 14.6 Å². The van der Waals surface area contributed by atoms with Gasteiger partial charge in [0.2, 0.25) is 0 Å². The summed E-state index contributed by atoms with van der Waals surface area (Å²) in [6.07, 6.45) is 0. The van der Waals surface area contributed by atoms with E-state index in [2.05, 4.69) is 0 Å². The van der Waals surface area contributed by atoms with Crippen molar-refractivity contribution in [3.8, 4) is 11.5 Å². The van der Waals surface area contributed by atoms with Crippen LogP contribution in [0.15, 0.2) is 42.5 Å². The smallest absolute Gasteiger partial charge is 0.347 e. The number of methoxy groups -OCH3 is 1. The van der Waals surface area contributed by atoms with Gasteiger partial charge in [-0.25, -0.2) is 9.59 Å². The van der Waals surface area contributed by atoms with Crippen molar-refractivity contribution >= 4 is 17.6 Å². The standard InChI is InChI=1S/C15H11NO7/c1-22-13-11(14(17)18)3-2-4-12(13)15(19)23-10-7-5-9(6-8-10)16(20)21/h2-8H,1H3,(H,17,18). The molecule has 8 heteroatoms. The molecule has 1 N–H and O–H groups in total. The van der Waals surface area contributed by atoms with Crippen molar-refractivity contribution in [2.75, 3.05) is 7.11 Å². The van der Waals surface area contributed by atoms with Crippen molar-refractivity contribution in [1.29, 1.82) is 0 Å². The van der Waals surface area contributed by atoms with Crippen LogP contribution in [0.4, 0.5) is 5.69 Å². The second kappa shape index (κ2) is 6.56. The highest BCUT2D eigenvalue weighted by atomic mass is 16.6. The molecule has 2 rings (SSSR count). The Balaban J connectivity index is 2.29. The Hall–Kier alpha value is -3.42. The molecule has 0 atom stereocenters. The lowest BCUT2D eigenvalue weighted by Gasteiger charge is -2.10. The molecule has 0 amide bonds. The van der Waals surface area contributed by atoms with Crippen LogP contribution in [-0.2, 0) is 0 Å². The van der Waals surface area contributed by atoms with E-state index in [1.54, 1.807) is 0 Å². The van der Waals surface area contributed by atoms with E-state index in [-0.39, 0.29) is 28.3 Å². The summed E-state index contributed by atoms with van der Waals surface area (Å²) in [7, 11) is 1.24. The SMILES string of the molecule is COc1c(C(=O)O)cccc1C(=O)Oc1ccc([N+](=O)[O-])cc1. The van der Waals surface area contributed by atoms with Crippen molar-refractivity contribution in [3.05, 3.63) is 63.7 Å². The van der Waals surface area contributed by atoms with E-state index in [4.69, 9.17) is 14.6 Å². The molecular weight excluding hydrogens is 306 g/mol. The number of hydrogen-bond donors (Lipinski definition) is 1. The average Bonchev–Trinajstić information content (AvgIpc) is 2.54. The van der Waals surface area contributed by atoms with Gasteiger partial charge in [-0.3, -0.25) is 10.1 Å². The fourth-order valence-corrected chi connectivity index (χ4v) is 1.88. The number of carboxylic acid groups (broad SMARTS) is 1. The summed E-state index contributed by atoms with van der Waals surface area (Å²) in [5, 5.41) is 19.6. The molecule has 0 aromatic heterocycles.